The minimum atomic E-state index is -0.377. The molecule has 0 N–H and O–H groups in total. The summed E-state index contributed by atoms with van der Waals surface area (Å²) < 4.78 is 26.0. The van der Waals surface area contributed by atoms with Gasteiger partial charge in [-0.3, -0.25) is 9.36 Å². The lowest BCUT2D eigenvalue weighted by atomic mass is 10.2. The number of thioether (sulfide) groups is 1. The number of rotatable bonds is 6. The van der Waals surface area contributed by atoms with Crippen LogP contribution >= 0.6 is 23.1 Å². The Kier molecular flexibility index (Phi) is 5.46. The number of thiophene rings is 1. The summed E-state index contributed by atoms with van der Waals surface area (Å²) in [6.45, 7) is 0. The van der Waals surface area contributed by atoms with Gasteiger partial charge in [0.25, 0.3) is 5.56 Å². The molecule has 0 aliphatic heterocycles. The normalized spacial score (nSPS) is 11.2. The van der Waals surface area contributed by atoms with Crippen LogP contribution in [0.25, 0.3) is 27.3 Å². The Morgan fingerprint density at radius 3 is 2.62 bits per heavy atom. The van der Waals surface area contributed by atoms with Crippen molar-refractivity contribution < 1.29 is 13.7 Å². The highest BCUT2D eigenvalue weighted by atomic mass is 32.2. The minimum Gasteiger partial charge on any atom is -0.497 e. The van der Waals surface area contributed by atoms with Crippen molar-refractivity contribution in [3.8, 4) is 22.8 Å². The number of fused-ring (bicyclic) bond motifs is 1. The lowest BCUT2D eigenvalue weighted by Crippen LogP contribution is -2.20. The Balaban J connectivity index is 1.45. The first-order chi connectivity index (χ1) is 15.6. The molecule has 0 aliphatic rings. The van der Waals surface area contributed by atoms with E-state index in [2.05, 4.69) is 15.1 Å². The molecule has 32 heavy (non-hydrogen) atoms. The van der Waals surface area contributed by atoms with E-state index in [-0.39, 0.29) is 11.4 Å². The molecule has 0 saturated heterocycles. The Bertz CT molecular complexity index is 1440. The summed E-state index contributed by atoms with van der Waals surface area (Å²) in [5.74, 6) is 1.53. The highest BCUT2D eigenvalue weighted by Gasteiger charge is 2.16. The molecule has 5 rings (SSSR count). The van der Waals surface area contributed by atoms with Crippen LogP contribution in [0.2, 0.25) is 0 Å². The van der Waals surface area contributed by atoms with Gasteiger partial charge in [0.1, 0.15) is 16.3 Å². The van der Waals surface area contributed by atoms with Crippen molar-refractivity contribution >= 4 is 33.3 Å². The van der Waals surface area contributed by atoms with Crippen molar-refractivity contribution in [3.05, 3.63) is 82.0 Å². The van der Waals surface area contributed by atoms with Gasteiger partial charge in [-0.15, -0.1) is 11.3 Å². The smallest absolute Gasteiger partial charge is 0.276 e. The quantitative estimate of drug-likeness (QED) is 0.259. The average Bonchev–Trinajstić information content (AvgIpc) is 3.49. The molecule has 0 unspecified atom stereocenters. The molecule has 0 amide bonds. The SMILES string of the molecule is COc1ccc(-c2noc(CSc3nc4ccsc4c(=O)n3-c3ccc(F)cc3)n2)cc1. The van der Waals surface area contributed by atoms with E-state index in [1.54, 1.807) is 25.3 Å². The molecular formula is C22H15FN4O3S2. The molecule has 0 aliphatic carbocycles. The number of benzene rings is 2. The van der Waals surface area contributed by atoms with E-state index in [0.29, 0.717) is 38.5 Å². The maximum atomic E-state index is 13.4. The van der Waals surface area contributed by atoms with Crippen molar-refractivity contribution in [1.29, 1.82) is 0 Å². The van der Waals surface area contributed by atoms with E-state index >= 15 is 0 Å². The third-order valence-corrected chi connectivity index (χ3v) is 6.49. The number of hydrogen-bond acceptors (Lipinski definition) is 8. The first-order valence-corrected chi connectivity index (χ1v) is 11.3. The van der Waals surface area contributed by atoms with E-state index in [9.17, 15) is 9.18 Å². The molecule has 10 heteroatoms. The molecule has 0 atom stereocenters. The summed E-state index contributed by atoms with van der Waals surface area (Å²) in [7, 11) is 1.60. The number of ether oxygens (including phenoxy) is 1. The van der Waals surface area contributed by atoms with Crippen LogP contribution in [0.5, 0.6) is 5.75 Å². The molecule has 5 aromatic rings. The summed E-state index contributed by atoms with van der Waals surface area (Å²) in [5, 5.41) is 6.31. The van der Waals surface area contributed by atoms with Gasteiger partial charge in [-0.25, -0.2) is 9.37 Å². The predicted octanol–water partition coefficient (Wildman–Crippen LogP) is 4.94. The Hall–Kier alpha value is -3.50. The number of aromatic nitrogens is 4. The van der Waals surface area contributed by atoms with Gasteiger partial charge in [0.15, 0.2) is 5.16 Å². The molecule has 0 bridgehead atoms. The zero-order chi connectivity index (χ0) is 22.1. The number of nitrogens with zero attached hydrogens (tertiary/aromatic N) is 4. The molecule has 3 heterocycles. The fourth-order valence-electron chi connectivity index (χ4n) is 3.10. The van der Waals surface area contributed by atoms with Gasteiger partial charge in [-0.2, -0.15) is 4.98 Å². The molecule has 160 valence electrons. The molecule has 0 fully saturated rings. The lowest BCUT2D eigenvalue weighted by molar-refractivity contribution is 0.391. The van der Waals surface area contributed by atoms with Gasteiger partial charge in [0.05, 0.1) is 24.1 Å². The highest BCUT2D eigenvalue weighted by Crippen LogP contribution is 2.27. The van der Waals surface area contributed by atoms with Crippen LogP contribution in [0.15, 0.2) is 74.5 Å². The topological polar surface area (TPSA) is 83.0 Å². The second kappa shape index (κ2) is 8.56. The summed E-state index contributed by atoms with van der Waals surface area (Å²) in [6.07, 6.45) is 0. The van der Waals surface area contributed by atoms with Crippen LogP contribution in [0, 0.1) is 5.82 Å². The first-order valence-electron chi connectivity index (χ1n) is 9.48. The molecule has 0 spiro atoms. The number of halogens is 1. The van der Waals surface area contributed by atoms with E-state index in [0.717, 1.165) is 11.3 Å². The van der Waals surface area contributed by atoms with Gasteiger partial charge in [0, 0.05) is 5.56 Å². The number of methoxy groups -OCH3 is 1. The molecule has 3 aromatic heterocycles. The van der Waals surface area contributed by atoms with E-state index in [4.69, 9.17) is 9.26 Å². The van der Waals surface area contributed by atoms with Gasteiger partial charge in [0.2, 0.25) is 11.7 Å². The van der Waals surface area contributed by atoms with Gasteiger partial charge in [-0.05, 0) is 60.0 Å². The number of hydrogen-bond donors (Lipinski definition) is 0. The third kappa shape index (κ3) is 3.90. The molecular weight excluding hydrogens is 451 g/mol. The predicted molar refractivity (Wildman–Crippen MR) is 121 cm³/mol. The summed E-state index contributed by atoms with van der Waals surface area (Å²) in [4.78, 5) is 22.2. The van der Waals surface area contributed by atoms with Crippen molar-refractivity contribution in [2.24, 2.45) is 0 Å². The second-order valence-corrected chi connectivity index (χ2v) is 8.53. The minimum absolute atomic E-state index is 0.205. The third-order valence-electron chi connectivity index (χ3n) is 4.68. The van der Waals surface area contributed by atoms with Crippen LogP contribution in [0.4, 0.5) is 4.39 Å². The maximum Gasteiger partial charge on any atom is 0.276 e. The molecule has 0 saturated carbocycles. The first kappa shape index (κ1) is 20.4. The summed E-state index contributed by atoms with van der Waals surface area (Å²) >= 11 is 2.62. The summed E-state index contributed by atoms with van der Waals surface area (Å²) in [5.41, 5.74) is 1.74. The van der Waals surface area contributed by atoms with Crippen LogP contribution in [-0.2, 0) is 5.75 Å². The Labute approximate surface area is 189 Å². The fourth-order valence-corrected chi connectivity index (χ4v) is 4.71. The molecule has 0 radical (unpaired) electrons. The zero-order valence-electron chi connectivity index (χ0n) is 16.7. The van der Waals surface area contributed by atoms with E-state index in [1.165, 1.54) is 39.8 Å². The largest absolute Gasteiger partial charge is 0.497 e. The van der Waals surface area contributed by atoms with Gasteiger partial charge < -0.3 is 9.26 Å². The zero-order valence-corrected chi connectivity index (χ0v) is 18.3. The van der Waals surface area contributed by atoms with Crippen LogP contribution in [0.1, 0.15) is 5.89 Å². The van der Waals surface area contributed by atoms with Crippen molar-refractivity contribution in [3.63, 3.8) is 0 Å². The lowest BCUT2D eigenvalue weighted by Gasteiger charge is -2.11. The Morgan fingerprint density at radius 1 is 1.09 bits per heavy atom. The van der Waals surface area contributed by atoms with E-state index < -0.39 is 0 Å². The van der Waals surface area contributed by atoms with E-state index in [1.807, 2.05) is 29.6 Å². The monoisotopic (exact) mass is 466 g/mol. The van der Waals surface area contributed by atoms with Crippen LogP contribution in [0.3, 0.4) is 0 Å². The maximum absolute atomic E-state index is 13.4. The van der Waals surface area contributed by atoms with Crippen molar-refractivity contribution in [1.82, 2.24) is 19.7 Å². The van der Waals surface area contributed by atoms with Gasteiger partial charge >= 0.3 is 0 Å². The standard InChI is InChI=1S/C22H15FN4O3S2/c1-29-16-8-2-13(3-9-16)20-25-18(30-26-20)12-32-22-24-17-10-11-31-19(17)21(28)27(22)15-6-4-14(23)5-7-15/h2-11H,12H2,1H3. The fraction of sp³-hybridized carbons (Fsp3) is 0.0909. The van der Waals surface area contributed by atoms with Crippen LogP contribution < -0.4 is 10.3 Å². The summed E-state index contributed by atoms with van der Waals surface area (Å²) in [6, 6.07) is 14.9. The molecule has 7 nitrogen and oxygen atoms in total. The molecule has 2 aromatic carbocycles. The highest BCUT2D eigenvalue weighted by molar-refractivity contribution is 7.98. The van der Waals surface area contributed by atoms with Crippen LogP contribution in [-0.4, -0.2) is 26.8 Å². The average molecular weight is 467 g/mol. The Morgan fingerprint density at radius 2 is 1.88 bits per heavy atom. The van der Waals surface area contributed by atoms with Gasteiger partial charge in [-0.1, -0.05) is 16.9 Å². The van der Waals surface area contributed by atoms with Crippen molar-refractivity contribution in [2.75, 3.05) is 7.11 Å². The van der Waals surface area contributed by atoms with Crippen molar-refractivity contribution in [2.45, 2.75) is 10.9 Å². The second-order valence-electron chi connectivity index (χ2n) is 6.68.